The number of phenolic OH excluding ortho intramolecular Hbond substituents is 1. The molecule has 1 atom stereocenters. The molecule has 0 aromatic heterocycles. The molecule has 3 N–H and O–H groups in total. The van der Waals surface area contributed by atoms with Crippen molar-refractivity contribution < 1.29 is 14.8 Å². The highest BCUT2D eigenvalue weighted by atomic mass is 16.6. The van der Waals surface area contributed by atoms with Gasteiger partial charge in [-0.15, -0.1) is 0 Å². The first-order chi connectivity index (χ1) is 7.44. The second-order valence-electron chi connectivity index (χ2n) is 3.60. The van der Waals surface area contributed by atoms with Crippen LogP contribution in [0.1, 0.15) is 12.5 Å². The summed E-state index contributed by atoms with van der Waals surface area (Å²) in [6.07, 6.45) is 0. The van der Waals surface area contributed by atoms with Crippen LogP contribution in [0.3, 0.4) is 0 Å². The third-order valence-electron chi connectivity index (χ3n) is 2.59. The Balaban J connectivity index is 3.40. The van der Waals surface area contributed by atoms with Gasteiger partial charge in [0.15, 0.2) is 0 Å². The number of aromatic hydroxyl groups is 1. The molecule has 0 radical (unpaired) electrons. The molecule has 0 aliphatic carbocycles. The largest absolute Gasteiger partial charge is 0.508 e. The highest BCUT2D eigenvalue weighted by molar-refractivity contribution is 5.48. The maximum absolute atomic E-state index is 10.8. The van der Waals surface area contributed by atoms with E-state index in [1.165, 1.54) is 25.3 Å². The fraction of sp³-hybridized carbons (Fsp3) is 0.400. The van der Waals surface area contributed by atoms with Crippen molar-refractivity contribution in [1.82, 2.24) is 0 Å². The van der Waals surface area contributed by atoms with Crippen molar-refractivity contribution in [3.63, 3.8) is 0 Å². The quantitative estimate of drug-likeness (QED) is 0.592. The average Bonchev–Trinajstić information content (AvgIpc) is 2.27. The summed E-state index contributed by atoms with van der Waals surface area (Å²) in [7, 11) is 1.42. The van der Waals surface area contributed by atoms with E-state index in [9.17, 15) is 15.2 Å². The van der Waals surface area contributed by atoms with Gasteiger partial charge in [-0.3, -0.25) is 10.1 Å². The van der Waals surface area contributed by atoms with Crippen LogP contribution < -0.4 is 5.73 Å². The molecular formula is C10H14N2O4. The number of benzene rings is 1. The van der Waals surface area contributed by atoms with Gasteiger partial charge in [-0.1, -0.05) is 0 Å². The van der Waals surface area contributed by atoms with E-state index < -0.39 is 10.5 Å². The summed E-state index contributed by atoms with van der Waals surface area (Å²) < 4.78 is 5.18. The van der Waals surface area contributed by atoms with Gasteiger partial charge < -0.3 is 15.6 Å². The van der Waals surface area contributed by atoms with Crippen LogP contribution in [-0.4, -0.2) is 23.7 Å². The smallest absolute Gasteiger partial charge is 0.275 e. The van der Waals surface area contributed by atoms with Crippen LogP contribution in [0.25, 0.3) is 0 Å². The van der Waals surface area contributed by atoms with Gasteiger partial charge in [-0.2, -0.15) is 0 Å². The molecule has 0 amide bonds. The third-order valence-corrected chi connectivity index (χ3v) is 2.59. The summed E-state index contributed by atoms with van der Waals surface area (Å²) in [6, 6.07) is 3.79. The van der Waals surface area contributed by atoms with Crippen molar-refractivity contribution in [2.75, 3.05) is 13.7 Å². The van der Waals surface area contributed by atoms with Gasteiger partial charge in [0.05, 0.1) is 10.5 Å². The second-order valence-corrected chi connectivity index (χ2v) is 3.60. The minimum atomic E-state index is -0.985. The lowest BCUT2D eigenvalue weighted by Gasteiger charge is -2.26. The number of hydrogen-bond donors (Lipinski definition) is 2. The molecule has 0 bridgehead atoms. The van der Waals surface area contributed by atoms with E-state index >= 15 is 0 Å². The first kappa shape index (κ1) is 12.4. The van der Waals surface area contributed by atoms with Crippen LogP contribution in [-0.2, 0) is 10.3 Å². The topological polar surface area (TPSA) is 98.6 Å². The Labute approximate surface area is 92.8 Å². The van der Waals surface area contributed by atoms with Crippen LogP contribution in [0.2, 0.25) is 0 Å². The number of ether oxygens (including phenoxy) is 1. The van der Waals surface area contributed by atoms with Gasteiger partial charge in [0.1, 0.15) is 11.4 Å². The molecule has 1 unspecified atom stereocenters. The molecule has 16 heavy (non-hydrogen) atoms. The van der Waals surface area contributed by atoms with Gasteiger partial charge in [-0.25, -0.2) is 0 Å². The van der Waals surface area contributed by atoms with Crippen LogP contribution in [0, 0.1) is 10.1 Å². The number of hydrogen-bond acceptors (Lipinski definition) is 5. The highest BCUT2D eigenvalue weighted by Gasteiger charge is 2.32. The van der Waals surface area contributed by atoms with Crippen molar-refractivity contribution in [2.24, 2.45) is 5.73 Å². The third kappa shape index (κ3) is 2.12. The maximum atomic E-state index is 10.8. The summed E-state index contributed by atoms with van der Waals surface area (Å²) >= 11 is 0. The number of methoxy groups -OCH3 is 1. The Hall–Kier alpha value is -1.66. The Morgan fingerprint density at radius 1 is 1.62 bits per heavy atom. The zero-order chi connectivity index (χ0) is 12.3. The van der Waals surface area contributed by atoms with E-state index in [0.29, 0.717) is 0 Å². The van der Waals surface area contributed by atoms with E-state index in [2.05, 4.69) is 0 Å². The van der Waals surface area contributed by atoms with E-state index in [1.54, 1.807) is 6.92 Å². The number of rotatable bonds is 4. The fourth-order valence-corrected chi connectivity index (χ4v) is 1.41. The predicted molar refractivity (Wildman–Crippen MR) is 58.2 cm³/mol. The monoisotopic (exact) mass is 226 g/mol. The lowest BCUT2D eigenvalue weighted by atomic mass is 9.94. The van der Waals surface area contributed by atoms with Gasteiger partial charge in [0, 0.05) is 19.7 Å². The molecule has 0 aliphatic heterocycles. The average molecular weight is 226 g/mol. The van der Waals surface area contributed by atoms with Crippen molar-refractivity contribution >= 4 is 5.69 Å². The zero-order valence-electron chi connectivity index (χ0n) is 9.14. The van der Waals surface area contributed by atoms with Gasteiger partial charge in [0.2, 0.25) is 0 Å². The molecule has 0 saturated heterocycles. The molecule has 0 aliphatic rings. The van der Waals surface area contributed by atoms with E-state index in [1.807, 2.05) is 0 Å². The molecule has 6 heteroatoms. The Morgan fingerprint density at radius 2 is 2.25 bits per heavy atom. The first-order valence-corrected chi connectivity index (χ1v) is 4.67. The number of nitrogens with zero attached hydrogens (tertiary/aromatic N) is 1. The molecule has 6 nitrogen and oxygen atoms in total. The minimum absolute atomic E-state index is 0.0580. The van der Waals surface area contributed by atoms with Crippen molar-refractivity contribution in [3.8, 4) is 5.75 Å². The molecule has 0 spiro atoms. The maximum Gasteiger partial charge on any atom is 0.275 e. The highest BCUT2D eigenvalue weighted by Crippen LogP contribution is 2.34. The molecule has 0 heterocycles. The number of nitro benzene ring substituents is 1. The van der Waals surface area contributed by atoms with Crippen LogP contribution >= 0.6 is 0 Å². The molecule has 0 saturated carbocycles. The first-order valence-electron chi connectivity index (χ1n) is 4.67. The second kappa shape index (κ2) is 4.46. The van der Waals surface area contributed by atoms with E-state index in [0.717, 1.165) is 0 Å². The van der Waals surface area contributed by atoms with E-state index in [4.69, 9.17) is 10.5 Å². The van der Waals surface area contributed by atoms with Crippen molar-refractivity contribution in [3.05, 3.63) is 33.9 Å². The van der Waals surface area contributed by atoms with Crippen LogP contribution in [0.5, 0.6) is 5.75 Å². The Kier molecular flexibility index (Phi) is 3.46. The summed E-state index contributed by atoms with van der Waals surface area (Å²) in [6.45, 7) is 1.71. The summed E-state index contributed by atoms with van der Waals surface area (Å²) in [4.78, 5) is 10.3. The molecule has 1 aromatic carbocycles. The Morgan fingerprint density at radius 3 is 2.69 bits per heavy atom. The van der Waals surface area contributed by atoms with Gasteiger partial charge >= 0.3 is 0 Å². The van der Waals surface area contributed by atoms with Gasteiger partial charge in [-0.05, 0) is 19.1 Å². The van der Waals surface area contributed by atoms with Gasteiger partial charge in [0.25, 0.3) is 5.69 Å². The number of phenols is 1. The zero-order valence-corrected chi connectivity index (χ0v) is 9.14. The standard InChI is InChI=1S/C10H14N2O4/c1-10(6-11,16-2)8-5-7(13)3-4-9(8)12(14)15/h3-5,13H,6,11H2,1-2H3. The Bertz CT molecular complexity index is 402. The number of nitro groups is 1. The van der Waals surface area contributed by atoms with Crippen molar-refractivity contribution in [1.29, 1.82) is 0 Å². The molecule has 0 fully saturated rings. The summed E-state index contributed by atoms with van der Waals surface area (Å²) in [5, 5.41) is 20.2. The van der Waals surface area contributed by atoms with E-state index in [-0.39, 0.29) is 23.5 Å². The SMILES string of the molecule is COC(C)(CN)c1cc(O)ccc1[N+](=O)[O-]. The summed E-state index contributed by atoms with van der Waals surface area (Å²) in [5.74, 6) is -0.0580. The van der Waals surface area contributed by atoms with Crippen LogP contribution in [0.15, 0.2) is 18.2 Å². The molecule has 1 aromatic rings. The van der Waals surface area contributed by atoms with Crippen LogP contribution in [0.4, 0.5) is 5.69 Å². The molecule has 88 valence electrons. The number of nitrogens with two attached hydrogens (primary N) is 1. The molecular weight excluding hydrogens is 212 g/mol. The lowest BCUT2D eigenvalue weighted by Crippen LogP contribution is -2.34. The van der Waals surface area contributed by atoms with Crippen molar-refractivity contribution in [2.45, 2.75) is 12.5 Å². The molecule has 1 rings (SSSR count). The normalized spacial score (nSPS) is 14.4. The fourth-order valence-electron chi connectivity index (χ4n) is 1.41. The minimum Gasteiger partial charge on any atom is -0.508 e. The lowest BCUT2D eigenvalue weighted by molar-refractivity contribution is -0.386. The predicted octanol–water partition coefficient (Wildman–Crippen LogP) is 1.12. The summed E-state index contributed by atoms with van der Waals surface area (Å²) in [5.41, 5.74) is 4.70.